The molecule has 0 radical (unpaired) electrons. The van der Waals surface area contributed by atoms with Gasteiger partial charge in [-0.3, -0.25) is 0 Å². The van der Waals surface area contributed by atoms with Gasteiger partial charge < -0.3 is 4.74 Å². The van der Waals surface area contributed by atoms with Crippen LogP contribution in [-0.4, -0.2) is 5.52 Å². The van der Waals surface area contributed by atoms with Crippen molar-refractivity contribution in [3.8, 4) is 5.75 Å². The van der Waals surface area contributed by atoms with Crippen molar-refractivity contribution in [2.75, 3.05) is 5.52 Å². The molecule has 0 aliphatic rings. The highest BCUT2D eigenvalue weighted by molar-refractivity contribution is 9.09. The summed E-state index contributed by atoms with van der Waals surface area (Å²) in [5.41, 5.74) is 2.88. The Morgan fingerprint density at radius 3 is 2.00 bits per heavy atom. The maximum atomic E-state index is 5.32. The summed E-state index contributed by atoms with van der Waals surface area (Å²) in [7, 11) is 0. The molecule has 0 saturated heterocycles. The topological polar surface area (TPSA) is 9.23 Å². The van der Waals surface area contributed by atoms with E-state index >= 15 is 0 Å². The first kappa shape index (κ1) is 11.9. The van der Waals surface area contributed by atoms with Gasteiger partial charge in [-0.25, -0.2) is 0 Å². The molecule has 0 N–H and O–H groups in total. The van der Waals surface area contributed by atoms with E-state index in [1.165, 1.54) is 5.56 Å². The molecule has 0 heterocycles. The van der Waals surface area contributed by atoms with E-state index in [0.717, 1.165) is 11.3 Å². The van der Waals surface area contributed by atoms with Gasteiger partial charge in [0.25, 0.3) is 0 Å². The normalized spacial score (nSPS) is 10.6. The van der Waals surface area contributed by atoms with Gasteiger partial charge in [0.15, 0.2) is 0 Å². The van der Waals surface area contributed by atoms with Crippen LogP contribution in [0.25, 0.3) is 12.2 Å². The first-order chi connectivity index (χ1) is 8.38. The van der Waals surface area contributed by atoms with Crippen LogP contribution in [0.15, 0.2) is 54.6 Å². The highest BCUT2D eigenvalue weighted by Crippen LogP contribution is 2.14. The molecule has 2 rings (SSSR count). The van der Waals surface area contributed by atoms with Gasteiger partial charge in [-0.2, -0.15) is 0 Å². The fraction of sp³-hybridized carbons (Fsp3) is 0.0667. The molecule has 0 spiro atoms. The molecule has 0 aliphatic heterocycles. The molecule has 0 aromatic heterocycles. The van der Waals surface area contributed by atoms with Gasteiger partial charge in [0.2, 0.25) is 0 Å². The molecule has 0 aliphatic carbocycles. The van der Waals surface area contributed by atoms with Gasteiger partial charge in [0.05, 0.1) is 0 Å². The molecule has 2 heteroatoms. The summed E-state index contributed by atoms with van der Waals surface area (Å²) >= 11 is 3.23. The molecule has 17 heavy (non-hydrogen) atoms. The summed E-state index contributed by atoms with van der Waals surface area (Å²) in [6, 6.07) is 18.3. The van der Waals surface area contributed by atoms with Crippen LogP contribution in [-0.2, 0) is 0 Å². The Bertz CT molecular complexity index is 474. The zero-order valence-corrected chi connectivity index (χ0v) is 10.9. The number of benzene rings is 2. The minimum absolute atomic E-state index is 0.520. The average molecular weight is 289 g/mol. The number of halogens is 1. The zero-order chi connectivity index (χ0) is 11.9. The molecule has 1 nitrogen and oxygen atoms in total. The average Bonchev–Trinajstić information content (AvgIpc) is 2.40. The first-order valence-corrected chi connectivity index (χ1v) is 6.52. The number of hydrogen-bond acceptors (Lipinski definition) is 1. The van der Waals surface area contributed by atoms with E-state index in [0.29, 0.717) is 5.52 Å². The zero-order valence-electron chi connectivity index (χ0n) is 9.34. The molecule has 0 amide bonds. The Morgan fingerprint density at radius 1 is 0.824 bits per heavy atom. The van der Waals surface area contributed by atoms with E-state index in [-0.39, 0.29) is 0 Å². The molecule has 0 unspecified atom stereocenters. The van der Waals surface area contributed by atoms with Crippen LogP contribution in [0.2, 0.25) is 0 Å². The monoisotopic (exact) mass is 288 g/mol. The largest absolute Gasteiger partial charge is 0.482 e. The fourth-order valence-electron chi connectivity index (χ4n) is 1.49. The molecular formula is C15H13BrO. The van der Waals surface area contributed by atoms with Crippen molar-refractivity contribution in [1.82, 2.24) is 0 Å². The summed E-state index contributed by atoms with van der Waals surface area (Å²) in [6.07, 6.45) is 4.19. The third-order valence-electron chi connectivity index (χ3n) is 2.37. The lowest BCUT2D eigenvalue weighted by atomic mass is 10.1. The standard InChI is InChI=1S/C15H13BrO/c16-12-17-15-10-8-14(9-11-15)7-6-13-4-2-1-3-5-13/h1-11H,12H2/b7-6+. The van der Waals surface area contributed by atoms with Crippen LogP contribution in [0.5, 0.6) is 5.75 Å². The van der Waals surface area contributed by atoms with Gasteiger partial charge in [-0.15, -0.1) is 0 Å². The van der Waals surface area contributed by atoms with E-state index in [9.17, 15) is 0 Å². The molecule has 0 atom stereocenters. The van der Waals surface area contributed by atoms with E-state index in [1.807, 2.05) is 42.5 Å². The summed E-state index contributed by atoms with van der Waals surface area (Å²) in [5.74, 6) is 0.874. The van der Waals surface area contributed by atoms with Crippen LogP contribution >= 0.6 is 15.9 Å². The van der Waals surface area contributed by atoms with Crippen LogP contribution in [0.4, 0.5) is 0 Å². The molecule has 0 fully saturated rings. The van der Waals surface area contributed by atoms with E-state index in [4.69, 9.17) is 4.74 Å². The van der Waals surface area contributed by atoms with Crippen LogP contribution in [0.3, 0.4) is 0 Å². The number of hydrogen-bond donors (Lipinski definition) is 0. The fourth-order valence-corrected chi connectivity index (χ4v) is 1.76. The number of alkyl halides is 1. The highest BCUT2D eigenvalue weighted by Gasteiger charge is 1.91. The van der Waals surface area contributed by atoms with Crippen molar-refractivity contribution >= 4 is 28.1 Å². The van der Waals surface area contributed by atoms with Crippen molar-refractivity contribution in [3.63, 3.8) is 0 Å². The predicted molar refractivity (Wildman–Crippen MR) is 76.2 cm³/mol. The molecular weight excluding hydrogens is 276 g/mol. The molecule has 86 valence electrons. The van der Waals surface area contributed by atoms with E-state index < -0.39 is 0 Å². The third-order valence-corrected chi connectivity index (χ3v) is 2.60. The van der Waals surface area contributed by atoms with Gasteiger partial charge in [-0.05, 0) is 39.2 Å². The smallest absolute Gasteiger partial charge is 0.143 e. The van der Waals surface area contributed by atoms with E-state index in [2.05, 4.69) is 40.2 Å². The Labute approximate surface area is 110 Å². The molecule has 2 aromatic rings. The maximum absolute atomic E-state index is 5.32. The maximum Gasteiger partial charge on any atom is 0.143 e. The van der Waals surface area contributed by atoms with E-state index in [1.54, 1.807) is 0 Å². The second-order valence-electron chi connectivity index (χ2n) is 3.57. The third kappa shape index (κ3) is 3.75. The van der Waals surface area contributed by atoms with Crippen molar-refractivity contribution in [1.29, 1.82) is 0 Å². The lowest BCUT2D eigenvalue weighted by Gasteiger charge is -2.01. The lowest BCUT2D eigenvalue weighted by Crippen LogP contribution is -1.87. The Morgan fingerprint density at radius 2 is 1.41 bits per heavy atom. The molecule has 0 saturated carbocycles. The van der Waals surface area contributed by atoms with Gasteiger partial charge in [-0.1, -0.05) is 54.6 Å². The van der Waals surface area contributed by atoms with Crippen molar-refractivity contribution in [2.45, 2.75) is 0 Å². The van der Waals surface area contributed by atoms with Gasteiger partial charge in [0.1, 0.15) is 11.3 Å². The quantitative estimate of drug-likeness (QED) is 0.591. The number of rotatable bonds is 4. The van der Waals surface area contributed by atoms with Crippen LogP contribution in [0.1, 0.15) is 11.1 Å². The Kier molecular flexibility index (Phi) is 4.39. The van der Waals surface area contributed by atoms with Crippen LogP contribution in [0, 0.1) is 0 Å². The number of ether oxygens (including phenoxy) is 1. The lowest BCUT2D eigenvalue weighted by molar-refractivity contribution is 0.398. The predicted octanol–water partition coefficient (Wildman–Crippen LogP) is 4.59. The minimum atomic E-state index is 0.520. The van der Waals surface area contributed by atoms with Crippen molar-refractivity contribution in [2.24, 2.45) is 0 Å². The summed E-state index contributed by atoms with van der Waals surface area (Å²) in [4.78, 5) is 0. The van der Waals surface area contributed by atoms with Gasteiger partial charge in [0, 0.05) is 0 Å². The summed E-state index contributed by atoms with van der Waals surface area (Å²) in [6.45, 7) is 0. The Hall–Kier alpha value is -1.54. The van der Waals surface area contributed by atoms with Crippen LogP contribution < -0.4 is 4.74 Å². The second-order valence-corrected chi connectivity index (χ2v) is 4.02. The van der Waals surface area contributed by atoms with Crippen molar-refractivity contribution < 1.29 is 4.74 Å². The second kappa shape index (κ2) is 6.26. The molecule has 2 aromatic carbocycles. The molecule has 0 bridgehead atoms. The Balaban J connectivity index is 2.06. The minimum Gasteiger partial charge on any atom is -0.482 e. The van der Waals surface area contributed by atoms with Crippen molar-refractivity contribution in [3.05, 3.63) is 65.7 Å². The van der Waals surface area contributed by atoms with Gasteiger partial charge >= 0.3 is 0 Å². The highest BCUT2D eigenvalue weighted by atomic mass is 79.9. The SMILES string of the molecule is BrCOc1ccc(/C=C/c2ccccc2)cc1. The first-order valence-electron chi connectivity index (χ1n) is 5.40. The summed E-state index contributed by atoms with van der Waals surface area (Å²) < 4.78 is 5.32. The summed E-state index contributed by atoms with van der Waals surface area (Å²) in [5, 5.41) is 0.